The Bertz CT molecular complexity index is 1170. The molecule has 1 saturated heterocycles. The van der Waals surface area contributed by atoms with Crippen molar-refractivity contribution in [3.63, 3.8) is 0 Å². The van der Waals surface area contributed by atoms with Gasteiger partial charge >= 0.3 is 5.97 Å². The highest BCUT2D eigenvalue weighted by Gasteiger charge is 2.27. The highest BCUT2D eigenvalue weighted by Crippen LogP contribution is 2.27. The Morgan fingerprint density at radius 2 is 1.97 bits per heavy atom. The zero-order valence-electron chi connectivity index (χ0n) is 17.5. The van der Waals surface area contributed by atoms with Gasteiger partial charge in [0, 0.05) is 18.5 Å². The number of thiophene rings is 1. The third-order valence-corrected chi connectivity index (χ3v) is 7.74. The van der Waals surface area contributed by atoms with Crippen molar-refractivity contribution in [1.82, 2.24) is 14.4 Å². The van der Waals surface area contributed by atoms with E-state index in [1.165, 1.54) is 41.0 Å². The number of nitrogens with zero attached hydrogens (tertiary/aromatic N) is 3. The van der Waals surface area contributed by atoms with Crippen LogP contribution < -0.4 is 4.74 Å². The van der Waals surface area contributed by atoms with Gasteiger partial charge in [0.1, 0.15) is 11.3 Å². The van der Waals surface area contributed by atoms with Crippen LogP contribution in [0.25, 0.3) is 11.5 Å². The van der Waals surface area contributed by atoms with E-state index < -0.39 is 16.0 Å². The monoisotopic (exact) mass is 477 g/mol. The van der Waals surface area contributed by atoms with E-state index in [9.17, 15) is 13.2 Å². The van der Waals surface area contributed by atoms with Crippen LogP contribution in [-0.4, -0.2) is 49.0 Å². The molecule has 0 amide bonds. The van der Waals surface area contributed by atoms with Crippen molar-refractivity contribution in [2.24, 2.45) is 0 Å². The Hall–Kier alpha value is -2.76. The Labute approximate surface area is 190 Å². The maximum Gasteiger partial charge on any atom is 0.342 e. The fourth-order valence-corrected chi connectivity index (χ4v) is 5.64. The molecule has 9 nitrogen and oxygen atoms in total. The van der Waals surface area contributed by atoms with Crippen LogP contribution >= 0.6 is 11.3 Å². The van der Waals surface area contributed by atoms with Gasteiger partial charge in [-0.15, -0.1) is 0 Å². The van der Waals surface area contributed by atoms with Crippen LogP contribution in [-0.2, 0) is 21.4 Å². The summed E-state index contributed by atoms with van der Waals surface area (Å²) in [6.45, 7) is 0.718. The molecule has 0 unspecified atom stereocenters. The van der Waals surface area contributed by atoms with Gasteiger partial charge in [-0.2, -0.15) is 20.6 Å². The predicted molar refractivity (Wildman–Crippen MR) is 117 cm³/mol. The molecule has 0 bridgehead atoms. The number of hydrogen-bond acceptors (Lipinski definition) is 9. The summed E-state index contributed by atoms with van der Waals surface area (Å²) >= 11 is 1.50. The molecule has 0 N–H and O–H groups in total. The Morgan fingerprint density at radius 3 is 2.66 bits per heavy atom. The summed E-state index contributed by atoms with van der Waals surface area (Å²) in [5, 5.41) is 7.57. The van der Waals surface area contributed by atoms with Crippen molar-refractivity contribution in [3.8, 4) is 17.2 Å². The van der Waals surface area contributed by atoms with E-state index in [0.717, 1.165) is 31.2 Å². The highest BCUT2D eigenvalue weighted by atomic mass is 32.2. The van der Waals surface area contributed by atoms with E-state index in [4.69, 9.17) is 14.0 Å². The fourth-order valence-electron chi connectivity index (χ4n) is 3.46. The van der Waals surface area contributed by atoms with Gasteiger partial charge in [-0.1, -0.05) is 18.0 Å². The number of sulfonamides is 1. The molecule has 1 fully saturated rings. The summed E-state index contributed by atoms with van der Waals surface area (Å²) < 4.78 is 43.4. The molecule has 32 heavy (non-hydrogen) atoms. The van der Waals surface area contributed by atoms with E-state index in [1.807, 2.05) is 16.8 Å². The lowest BCUT2D eigenvalue weighted by atomic mass is 10.2. The van der Waals surface area contributed by atoms with E-state index in [-0.39, 0.29) is 28.6 Å². The first-order chi connectivity index (χ1) is 15.5. The second-order valence-corrected chi connectivity index (χ2v) is 10.0. The zero-order chi connectivity index (χ0) is 22.6. The lowest BCUT2D eigenvalue weighted by molar-refractivity contribution is 0.0455. The van der Waals surface area contributed by atoms with E-state index in [0.29, 0.717) is 19.0 Å². The van der Waals surface area contributed by atoms with E-state index >= 15 is 0 Å². The third kappa shape index (κ3) is 4.84. The first-order valence-corrected chi connectivity index (χ1v) is 12.6. The molecule has 1 aliphatic heterocycles. The van der Waals surface area contributed by atoms with Crippen molar-refractivity contribution in [2.45, 2.75) is 37.2 Å². The number of esters is 1. The predicted octanol–water partition coefficient (Wildman–Crippen LogP) is 3.73. The van der Waals surface area contributed by atoms with Gasteiger partial charge < -0.3 is 14.0 Å². The molecule has 3 aromatic rings. The quantitative estimate of drug-likeness (QED) is 0.473. The minimum absolute atomic E-state index is 0.0185. The average Bonchev–Trinajstić information content (AvgIpc) is 3.43. The lowest BCUT2D eigenvalue weighted by Gasteiger charge is -2.20. The highest BCUT2D eigenvalue weighted by molar-refractivity contribution is 7.89. The molecule has 0 spiro atoms. The van der Waals surface area contributed by atoms with Crippen LogP contribution in [0.15, 0.2) is 44.4 Å². The molecule has 1 aromatic carbocycles. The molecule has 2 aromatic heterocycles. The van der Waals surface area contributed by atoms with Crippen molar-refractivity contribution in [1.29, 1.82) is 0 Å². The number of benzene rings is 1. The van der Waals surface area contributed by atoms with Crippen LogP contribution in [0.5, 0.6) is 5.75 Å². The molecule has 0 saturated carbocycles. The van der Waals surface area contributed by atoms with Gasteiger partial charge in [0.15, 0.2) is 6.61 Å². The number of ether oxygens (including phenoxy) is 2. The number of methoxy groups -OCH3 is 1. The van der Waals surface area contributed by atoms with Gasteiger partial charge in [0.05, 0.1) is 17.6 Å². The molecule has 0 aliphatic carbocycles. The minimum Gasteiger partial charge on any atom is -0.496 e. The molecule has 11 heteroatoms. The van der Waals surface area contributed by atoms with Crippen molar-refractivity contribution >= 4 is 27.3 Å². The maximum atomic E-state index is 13.1. The Balaban J connectivity index is 1.51. The van der Waals surface area contributed by atoms with Crippen LogP contribution in [0, 0.1) is 0 Å². The summed E-state index contributed by atoms with van der Waals surface area (Å²) in [6, 6.07) is 6.05. The SMILES string of the molecule is COc1ccc(S(=O)(=O)N2CCCCCC2)cc1C(=O)OCc1noc(-c2ccsc2)n1. The number of aromatic nitrogens is 2. The third-order valence-electron chi connectivity index (χ3n) is 5.16. The number of carbonyl (C=O) groups is 1. The Morgan fingerprint density at radius 1 is 1.19 bits per heavy atom. The first-order valence-electron chi connectivity index (χ1n) is 10.2. The second kappa shape index (κ2) is 9.80. The summed E-state index contributed by atoms with van der Waals surface area (Å²) in [6.07, 6.45) is 3.66. The molecule has 170 valence electrons. The number of rotatable bonds is 7. The van der Waals surface area contributed by atoms with E-state index in [1.54, 1.807) is 0 Å². The lowest BCUT2D eigenvalue weighted by Crippen LogP contribution is -2.32. The van der Waals surface area contributed by atoms with Gasteiger partial charge in [-0.25, -0.2) is 13.2 Å². The summed E-state index contributed by atoms with van der Waals surface area (Å²) in [4.78, 5) is 17.0. The van der Waals surface area contributed by atoms with Gasteiger partial charge in [-0.3, -0.25) is 0 Å². The van der Waals surface area contributed by atoms with Crippen LogP contribution in [0.3, 0.4) is 0 Å². The van der Waals surface area contributed by atoms with Gasteiger partial charge in [0.2, 0.25) is 15.8 Å². The first kappa shape index (κ1) is 22.4. The van der Waals surface area contributed by atoms with Crippen molar-refractivity contribution in [3.05, 3.63) is 46.4 Å². The molecular formula is C21H23N3O6S2. The smallest absolute Gasteiger partial charge is 0.342 e. The van der Waals surface area contributed by atoms with Crippen LogP contribution in [0.2, 0.25) is 0 Å². The Kier molecular flexibility index (Phi) is 6.87. The van der Waals surface area contributed by atoms with E-state index in [2.05, 4.69) is 10.1 Å². The molecular weight excluding hydrogens is 454 g/mol. The van der Waals surface area contributed by atoms with Crippen molar-refractivity contribution < 1.29 is 27.2 Å². The molecule has 1 aliphatic rings. The summed E-state index contributed by atoms with van der Waals surface area (Å²) in [5.74, 6) is 0.0146. The van der Waals surface area contributed by atoms with Crippen molar-refractivity contribution in [2.75, 3.05) is 20.2 Å². The topological polar surface area (TPSA) is 112 Å². The normalized spacial score (nSPS) is 15.3. The van der Waals surface area contributed by atoms with Gasteiger partial charge in [-0.05, 0) is 42.5 Å². The number of carbonyl (C=O) groups excluding carboxylic acids is 1. The molecule has 0 radical (unpaired) electrons. The number of hydrogen-bond donors (Lipinski definition) is 0. The van der Waals surface area contributed by atoms with Crippen LogP contribution in [0.4, 0.5) is 0 Å². The average molecular weight is 478 g/mol. The maximum absolute atomic E-state index is 13.1. The van der Waals surface area contributed by atoms with Gasteiger partial charge in [0.25, 0.3) is 5.89 Å². The molecule has 4 rings (SSSR count). The zero-order valence-corrected chi connectivity index (χ0v) is 19.2. The summed E-state index contributed by atoms with van der Waals surface area (Å²) in [7, 11) is -2.32. The largest absolute Gasteiger partial charge is 0.496 e. The molecule has 3 heterocycles. The standard InChI is InChI=1S/C21H23N3O6S2/c1-28-18-7-6-16(32(26,27)24-9-4-2-3-5-10-24)12-17(18)21(25)29-13-19-22-20(30-23-19)15-8-11-31-14-15/h6-8,11-12,14H,2-5,9-10,13H2,1H3. The second-order valence-electron chi connectivity index (χ2n) is 7.28. The summed E-state index contributed by atoms with van der Waals surface area (Å²) in [5.41, 5.74) is 0.804. The van der Waals surface area contributed by atoms with Crippen LogP contribution in [0.1, 0.15) is 41.9 Å². The molecule has 0 atom stereocenters. The minimum atomic E-state index is -3.72. The fraction of sp³-hybridized carbons (Fsp3) is 0.381.